The molecule has 0 aromatic carbocycles. The summed E-state index contributed by atoms with van der Waals surface area (Å²) in [6.45, 7) is 10.2. The molecule has 0 radical (unpaired) electrons. The zero-order valence-corrected chi connectivity index (χ0v) is 8.64. The first-order chi connectivity index (χ1) is 5.63. The summed E-state index contributed by atoms with van der Waals surface area (Å²) in [6.07, 6.45) is 3.97. The van der Waals surface area contributed by atoms with Crippen LogP contribution in [0.3, 0.4) is 0 Å². The van der Waals surface area contributed by atoms with E-state index in [1.807, 2.05) is 6.92 Å². The SMILES string of the molecule is C=C(C)[C@@H](CCC)[C@@H](O)CCC. The van der Waals surface area contributed by atoms with Crippen LogP contribution in [0.4, 0.5) is 0 Å². The minimum absolute atomic E-state index is 0.174. The second kappa shape index (κ2) is 6.24. The average Bonchev–Trinajstić information content (AvgIpc) is 1.99. The van der Waals surface area contributed by atoms with Crippen LogP contribution in [0.2, 0.25) is 0 Å². The van der Waals surface area contributed by atoms with Crippen LogP contribution in [0.5, 0.6) is 0 Å². The fourth-order valence-electron chi connectivity index (χ4n) is 1.58. The number of rotatable bonds is 6. The predicted molar refractivity (Wildman–Crippen MR) is 54.1 cm³/mol. The Bertz CT molecular complexity index is 129. The quantitative estimate of drug-likeness (QED) is 0.607. The molecule has 1 nitrogen and oxygen atoms in total. The third-order valence-electron chi connectivity index (χ3n) is 2.28. The van der Waals surface area contributed by atoms with Gasteiger partial charge in [0.2, 0.25) is 0 Å². The van der Waals surface area contributed by atoms with Gasteiger partial charge in [0.25, 0.3) is 0 Å². The molecule has 0 saturated carbocycles. The lowest BCUT2D eigenvalue weighted by Crippen LogP contribution is -2.20. The van der Waals surface area contributed by atoms with Gasteiger partial charge in [-0.05, 0) is 19.8 Å². The second-order valence-electron chi connectivity index (χ2n) is 3.60. The van der Waals surface area contributed by atoms with Crippen molar-refractivity contribution >= 4 is 0 Å². The van der Waals surface area contributed by atoms with Crippen molar-refractivity contribution < 1.29 is 5.11 Å². The summed E-state index contributed by atoms with van der Waals surface area (Å²) >= 11 is 0. The third-order valence-corrected chi connectivity index (χ3v) is 2.28. The molecule has 0 aromatic heterocycles. The Labute approximate surface area is 76.5 Å². The van der Waals surface area contributed by atoms with E-state index in [1.54, 1.807) is 0 Å². The number of hydrogen-bond donors (Lipinski definition) is 1. The van der Waals surface area contributed by atoms with Gasteiger partial charge in [0, 0.05) is 5.92 Å². The third kappa shape index (κ3) is 3.91. The zero-order valence-electron chi connectivity index (χ0n) is 8.64. The van der Waals surface area contributed by atoms with E-state index in [2.05, 4.69) is 20.4 Å². The fraction of sp³-hybridized carbons (Fsp3) is 0.818. The first kappa shape index (κ1) is 11.7. The number of hydrogen-bond acceptors (Lipinski definition) is 1. The van der Waals surface area contributed by atoms with Crippen LogP contribution in [0, 0.1) is 5.92 Å². The van der Waals surface area contributed by atoms with Crippen LogP contribution < -0.4 is 0 Å². The highest BCUT2D eigenvalue weighted by Crippen LogP contribution is 2.22. The van der Waals surface area contributed by atoms with Crippen molar-refractivity contribution in [3.63, 3.8) is 0 Å². The van der Waals surface area contributed by atoms with Crippen molar-refractivity contribution in [2.45, 2.75) is 52.6 Å². The average molecular weight is 170 g/mol. The molecule has 0 aromatic rings. The highest BCUT2D eigenvalue weighted by molar-refractivity contribution is 4.98. The van der Waals surface area contributed by atoms with Gasteiger partial charge in [0.15, 0.2) is 0 Å². The van der Waals surface area contributed by atoms with Crippen LogP contribution >= 0.6 is 0 Å². The van der Waals surface area contributed by atoms with Crippen LogP contribution in [0.25, 0.3) is 0 Å². The van der Waals surface area contributed by atoms with Crippen molar-refractivity contribution in [1.29, 1.82) is 0 Å². The molecule has 0 bridgehead atoms. The Kier molecular flexibility index (Phi) is 6.09. The molecule has 0 aliphatic heterocycles. The van der Waals surface area contributed by atoms with Gasteiger partial charge in [-0.2, -0.15) is 0 Å². The predicted octanol–water partition coefficient (Wildman–Crippen LogP) is 3.14. The Morgan fingerprint density at radius 1 is 1.25 bits per heavy atom. The topological polar surface area (TPSA) is 20.2 Å². The summed E-state index contributed by atoms with van der Waals surface area (Å²) in [7, 11) is 0. The molecular weight excluding hydrogens is 148 g/mol. The Morgan fingerprint density at radius 3 is 2.08 bits per heavy atom. The molecule has 12 heavy (non-hydrogen) atoms. The van der Waals surface area contributed by atoms with Gasteiger partial charge in [-0.1, -0.05) is 38.8 Å². The van der Waals surface area contributed by atoms with E-state index in [-0.39, 0.29) is 6.10 Å². The van der Waals surface area contributed by atoms with E-state index in [0.717, 1.165) is 31.3 Å². The normalized spacial score (nSPS) is 15.7. The van der Waals surface area contributed by atoms with Gasteiger partial charge < -0.3 is 5.11 Å². The minimum atomic E-state index is -0.174. The van der Waals surface area contributed by atoms with Gasteiger partial charge in [-0.3, -0.25) is 0 Å². The van der Waals surface area contributed by atoms with E-state index in [1.165, 1.54) is 0 Å². The molecule has 0 fully saturated rings. The van der Waals surface area contributed by atoms with Crippen LogP contribution in [0.1, 0.15) is 46.5 Å². The lowest BCUT2D eigenvalue weighted by atomic mass is 9.89. The molecule has 0 amide bonds. The molecule has 1 heteroatoms. The summed E-state index contributed by atoms with van der Waals surface area (Å²) in [5, 5.41) is 9.75. The van der Waals surface area contributed by atoms with E-state index >= 15 is 0 Å². The Morgan fingerprint density at radius 2 is 1.75 bits per heavy atom. The fourth-order valence-corrected chi connectivity index (χ4v) is 1.58. The van der Waals surface area contributed by atoms with Crippen LogP contribution in [-0.4, -0.2) is 11.2 Å². The van der Waals surface area contributed by atoms with Crippen molar-refractivity contribution in [2.24, 2.45) is 5.92 Å². The van der Waals surface area contributed by atoms with E-state index < -0.39 is 0 Å². The molecule has 2 atom stereocenters. The van der Waals surface area contributed by atoms with Crippen LogP contribution in [0.15, 0.2) is 12.2 Å². The second-order valence-corrected chi connectivity index (χ2v) is 3.60. The largest absolute Gasteiger partial charge is 0.393 e. The standard InChI is InChI=1S/C11H22O/c1-5-7-10(9(3)4)11(12)8-6-2/h10-12H,3,5-8H2,1-2,4H3/t10-,11+/m1/s1. The van der Waals surface area contributed by atoms with Crippen molar-refractivity contribution in [3.8, 4) is 0 Å². The Hall–Kier alpha value is -0.300. The molecule has 0 aliphatic carbocycles. The monoisotopic (exact) mass is 170 g/mol. The van der Waals surface area contributed by atoms with Gasteiger partial charge in [-0.25, -0.2) is 0 Å². The maximum absolute atomic E-state index is 9.75. The smallest absolute Gasteiger partial charge is 0.0605 e. The summed E-state index contributed by atoms with van der Waals surface area (Å²) in [5.74, 6) is 0.315. The summed E-state index contributed by atoms with van der Waals surface area (Å²) in [5.41, 5.74) is 1.12. The van der Waals surface area contributed by atoms with Crippen molar-refractivity contribution in [2.75, 3.05) is 0 Å². The highest BCUT2D eigenvalue weighted by atomic mass is 16.3. The van der Waals surface area contributed by atoms with Crippen LogP contribution in [-0.2, 0) is 0 Å². The Balaban J connectivity index is 3.99. The van der Waals surface area contributed by atoms with E-state index in [0.29, 0.717) is 5.92 Å². The molecular formula is C11H22O. The maximum Gasteiger partial charge on any atom is 0.0605 e. The van der Waals surface area contributed by atoms with E-state index in [9.17, 15) is 5.11 Å². The molecule has 0 rings (SSSR count). The molecule has 72 valence electrons. The number of aliphatic hydroxyl groups excluding tert-OH is 1. The lowest BCUT2D eigenvalue weighted by molar-refractivity contribution is 0.110. The molecule has 0 aliphatic rings. The highest BCUT2D eigenvalue weighted by Gasteiger charge is 2.17. The van der Waals surface area contributed by atoms with Crippen molar-refractivity contribution in [3.05, 3.63) is 12.2 Å². The molecule has 1 N–H and O–H groups in total. The van der Waals surface area contributed by atoms with Gasteiger partial charge in [0.05, 0.1) is 6.10 Å². The van der Waals surface area contributed by atoms with Gasteiger partial charge in [-0.15, -0.1) is 0 Å². The molecule has 0 heterocycles. The molecule has 0 spiro atoms. The van der Waals surface area contributed by atoms with Gasteiger partial charge >= 0.3 is 0 Å². The first-order valence-electron chi connectivity index (χ1n) is 4.96. The van der Waals surface area contributed by atoms with Gasteiger partial charge in [0.1, 0.15) is 0 Å². The molecule has 0 unspecified atom stereocenters. The minimum Gasteiger partial charge on any atom is -0.393 e. The number of aliphatic hydroxyl groups is 1. The summed E-state index contributed by atoms with van der Waals surface area (Å²) in [4.78, 5) is 0. The first-order valence-corrected chi connectivity index (χ1v) is 4.96. The summed E-state index contributed by atoms with van der Waals surface area (Å²) in [6, 6.07) is 0. The zero-order chi connectivity index (χ0) is 9.56. The summed E-state index contributed by atoms with van der Waals surface area (Å²) < 4.78 is 0. The van der Waals surface area contributed by atoms with E-state index in [4.69, 9.17) is 0 Å². The van der Waals surface area contributed by atoms with Crippen molar-refractivity contribution in [1.82, 2.24) is 0 Å². The maximum atomic E-state index is 9.75. The molecule has 0 saturated heterocycles. The lowest BCUT2D eigenvalue weighted by Gasteiger charge is -2.22.